The summed E-state index contributed by atoms with van der Waals surface area (Å²) < 4.78 is 9.60. The average molecular weight is 711 g/mol. The van der Waals surface area contributed by atoms with Gasteiger partial charge < -0.3 is 0 Å². The Bertz CT molecular complexity index is 885. The Morgan fingerprint density at radius 1 is 0.294 bits per heavy atom. The molecular formula is C47H90N4+2. The van der Waals surface area contributed by atoms with Crippen LogP contribution in [0, 0.1) is 0 Å². The molecular weight excluding hydrogens is 621 g/mol. The molecule has 0 aliphatic carbocycles. The van der Waals surface area contributed by atoms with Gasteiger partial charge in [0.05, 0.1) is 26.2 Å². The van der Waals surface area contributed by atoms with Gasteiger partial charge in [0.2, 0.25) is 12.7 Å². The minimum Gasteiger partial charge on any atom is -0.237 e. The summed E-state index contributed by atoms with van der Waals surface area (Å²) in [5.74, 6) is 0. The summed E-state index contributed by atoms with van der Waals surface area (Å²) in [4.78, 5) is 0. The van der Waals surface area contributed by atoms with E-state index in [2.05, 4.69) is 69.6 Å². The van der Waals surface area contributed by atoms with Crippen molar-refractivity contribution in [2.75, 3.05) is 0 Å². The van der Waals surface area contributed by atoms with Crippen LogP contribution in [0.5, 0.6) is 0 Å². The Kier molecular flexibility index (Phi) is 31.7. The van der Waals surface area contributed by atoms with Gasteiger partial charge in [0, 0.05) is 0 Å². The summed E-state index contributed by atoms with van der Waals surface area (Å²) in [6, 6.07) is 0. The van der Waals surface area contributed by atoms with Crippen molar-refractivity contribution in [3.05, 3.63) is 37.4 Å². The number of aryl methyl sites for hydroxylation is 4. The zero-order chi connectivity index (χ0) is 36.1. The molecule has 4 heteroatoms. The van der Waals surface area contributed by atoms with Gasteiger partial charge in [-0.15, -0.1) is 0 Å². The lowest BCUT2D eigenvalue weighted by molar-refractivity contribution is -0.700. The maximum absolute atomic E-state index is 2.40. The molecule has 0 unspecified atom stereocenters. The van der Waals surface area contributed by atoms with Crippen LogP contribution in [-0.2, 0) is 26.2 Å². The topological polar surface area (TPSA) is 17.6 Å². The second-order valence-electron chi connectivity index (χ2n) is 16.4. The van der Waals surface area contributed by atoms with Crippen molar-refractivity contribution in [2.45, 2.75) is 265 Å². The third-order valence-corrected chi connectivity index (χ3v) is 11.4. The fourth-order valence-electron chi connectivity index (χ4n) is 7.86. The van der Waals surface area contributed by atoms with Gasteiger partial charge in [0.1, 0.15) is 24.8 Å². The van der Waals surface area contributed by atoms with Crippen LogP contribution >= 0.6 is 0 Å². The van der Waals surface area contributed by atoms with Crippen LogP contribution in [0.3, 0.4) is 0 Å². The molecule has 0 saturated carbocycles. The summed E-state index contributed by atoms with van der Waals surface area (Å²) in [6.07, 6.45) is 63.6. The molecule has 0 bridgehead atoms. The van der Waals surface area contributed by atoms with E-state index in [4.69, 9.17) is 0 Å². The second kappa shape index (κ2) is 35.4. The van der Waals surface area contributed by atoms with E-state index in [9.17, 15) is 0 Å². The first kappa shape index (κ1) is 45.6. The largest absolute Gasteiger partial charge is 0.243 e. The third kappa shape index (κ3) is 28.6. The summed E-state index contributed by atoms with van der Waals surface area (Å²) in [5.41, 5.74) is 0. The van der Waals surface area contributed by atoms with Crippen LogP contribution in [0.4, 0.5) is 0 Å². The maximum Gasteiger partial charge on any atom is 0.243 e. The molecule has 2 heterocycles. The molecule has 0 aliphatic heterocycles. The van der Waals surface area contributed by atoms with E-state index in [0.29, 0.717) is 0 Å². The molecule has 0 atom stereocenters. The van der Waals surface area contributed by atoms with E-state index in [1.165, 1.54) is 238 Å². The highest BCUT2D eigenvalue weighted by atomic mass is 15.1. The number of unbranched alkanes of at least 4 members (excludes halogenated alkanes) is 32. The molecule has 0 saturated heterocycles. The molecule has 2 aromatic rings. The summed E-state index contributed by atoms with van der Waals surface area (Å²) in [5, 5.41) is 0. The molecule has 2 rings (SSSR count). The van der Waals surface area contributed by atoms with Crippen LogP contribution in [0.2, 0.25) is 0 Å². The molecule has 0 aliphatic rings. The van der Waals surface area contributed by atoms with E-state index < -0.39 is 0 Å². The predicted molar refractivity (Wildman–Crippen MR) is 222 cm³/mol. The molecule has 296 valence electrons. The van der Waals surface area contributed by atoms with E-state index >= 15 is 0 Å². The second-order valence-corrected chi connectivity index (χ2v) is 16.4. The quantitative estimate of drug-likeness (QED) is 0.0484. The number of imidazole rings is 2. The number of hydrogen-bond donors (Lipinski definition) is 0. The molecule has 0 radical (unpaired) electrons. The number of hydrogen-bond acceptors (Lipinski definition) is 0. The standard InChI is InChI=1S/C47H90N4/c1-3-5-7-9-11-13-15-17-19-21-23-25-27-29-31-34-38-48-42-44-50(46-48)40-36-33-37-41-51-45-43-49(47-51)39-35-32-30-28-26-24-22-20-18-16-14-12-10-8-6-4-2/h42-47H,3-41H2,1-2H3/q+2. The van der Waals surface area contributed by atoms with Crippen LogP contribution in [-0.4, -0.2) is 9.13 Å². The van der Waals surface area contributed by atoms with Gasteiger partial charge in [-0.3, -0.25) is 0 Å². The Hall–Kier alpha value is -1.58. The first-order valence-corrected chi connectivity index (χ1v) is 23.4. The fraction of sp³-hybridized carbons (Fsp3) is 0.872. The van der Waals surface area contributed by atoms with Crippen molar-refractivity contribution >= 4 is 0 Å². The van der Waals surface area contributed by atoms with Gasteiger partial charge in [-0.05, 0) is 44.9 Å². The molecule has 0 amide bonds. The lowest BCUT2D eigenvalue weighted by Crippen LogP contribution is -2.32. The first-order valence-electron chi connectivity index (χ1n) is 23.4. The minimum absolute atomic E-state index is 1.15. The van der Waals surface area contributed by atoms with Gasteiger partial charge in [-0.2, -0.15) is 0 Å². The van der Waals surface area contributed by atoms with Crippen molar-refractivity contribution in [1.82, 2.24) is 9.13 Å². The van der Waals surface area contributed by atoms with Gasteiger partial charge >= 0.3 is 0 Å². The number of nitrogens with zero attached hydrogens (tertiary/aromatic N) is 4. The van der Waals surface area contributed by atoms with E-state index in [1.807, 2.05) is 0 Å². The molecule has 0 aromatic carbocycles. The molecule has 0 spiro atoms. The fourth-order valence-corrected chi connectivity index (χ4v) is 7.86. The minimum atomic E-state index is 1.15. The average Bonchev–Trinajstić information content (AvgIpc) is 3.80. The predicted octanol–water partition coefficient (Wildman–Crippen LogP) is 14.3. The Morgan fingerprint density at radius 3 is 0.804 bits per heavy atom. The summed E-state index contributed by atoms with van der Waals surface area (Å²) >= 11 is 0. The maximum atomic E-state index is 2.40. The molecule has 51 heavy (non-hydrogen) atoms. The van der Waals surface area contributed by atoms with Gasteiger partial charge in [0.25, 0.3) is 0 Å². The highest BCUT2D eigenvalue weighted by molar-refractivity contribution is 4.67. The molecule has 0 N–H and O–H groups in total. The molecule has 2 aromatic heterocycles. The van der Waals surface area contributed by atoms with Crippen molar-refractivity contribution in [3.63, 3.8) is 0 Å². The van der Waals surface area contributed by atoms with E-state index in [-0.39, 0.29) is 0 Å². The Balaban J connectivity index is 1.31. The number of rotatable bonds is 40. The highest BCUT2D eigenvalue weighted by Crippen LogP contribution is 2.15. The lowest BCUT2D eigenvalue weighted by Gasteiger charge is -2.03. The van der Waals surface area contributed by atoms with Gasteiger partial charge in [-0.25, -0.2) is 18.3 Å². The smallest absolute Gasteiger partial charge is 0.237 e. The van der Waals surface area contributed by atoms with Gasteiger partial charge in [-0.1, -0.05) is 194 Å². The van der Waals surface area contributed by atoms with Crippen molar-refractivity contribution in [2.24, 2.45) is 0 Å². The zero-order valence-corrected chi connectivity index (χ0v) is 34.8. The van der Waals surface area contributed by atoms with E-state index in [0.717, 1.165) is 13.1 Å². The van der Waals surface area contributed by atoms with Crippen molar-refractivity contribution in [1.29, 1.82) is 0 Å². The van der Waals surface area contributed by atoms with Crippen LogP contribution in [0.1, 0.15) is 239 Å². The summed E-state index contributed by atoms with van der Waals surface area (Å²) in [6.45, 7) is 9.27. The third-order valence-electron chi connectivity index (χ3n) is 11.4. The lowest BCUT2D eigenvalue weighted by atomic mass is 10.0. The highest BCUT2D eigenvalue weighted by Gasteiger charge is 2.06. The monoisotopic (exact) mass is 711 g/mol. The van der Waals surface area contributed by atoms with Crippen LogP contribution < -0.4 is 9.13 Å². The Labute approximate surface area is 319 Å². The van der Waals surface area contributed by atoms with Gasteiger partial charge in [0.15, 0.2) is 0 Å². The van der Waals surface area contributed by atoms with Crippen LogP contribution in [0.25, 0.3) is 0 Å². The van der Waals surface area contributed by atoms with Crippen LogP contribution in [0.15, 0.2) is 37.4 Å². The number of aromatic nitrogens is 4. The zero-order valence-electron chi connectivity index (χ0n) is 34.8. The summed E-state index contributed by atoms with van der Waals surface area (Å²) in [7, 11) is 0. The first-order chi connectivity index (χ1) is 25.3. The Morgan fingerprint density at radius 2 is 0.529 bits per heavy atom. The van der Waals surface area contributed by atoms with Crippen molar-refractivity contribution < 1.29 is 9.13 Å². The normalized spacial score (nSPS) is 11.6. The molecule has 0 fully saturated rings. The SMILES string of the molecule is CCCCCCCCCCCCCCCCCCn1cc[n+](CCCCC[n+]2ccn(CCCCCCCCCCCCCCCCCC)c2)c1. The molecule has 4 nitrogen and oxygen atoms in total. The van der Waals surface area contributed by atoms with E-state index in [1.54, 1.807) is 0 Å². The van der Waals surface area contributed by atoms with Crippen molar-refractivity contribution in [3.8, 4) is 0 Å².